The first-order valence-corrected chi connectivity index (χ1v) is 8.59. The van der Waals surface area contributed by atoms with Crippen molar-refractivity contribution in [1.82, 2.24) is 14.5 Å². The molecule has 1 aromatic carbocycles. The molecular weight excluding hydrogens is 346 g/mol. The van der Waals surface area contributed by atoms with E-state index in [4.69, 9.17) is 4.98 Å². The molecule has 21 heavy (non-hydrogen) atoms. The van der Waals surface area contributed by atoms with E-state index in [2.05, 4.69) is 54.5 Å². The largest absolute Gasteiger partial charge is 1.00 e. The minimum atomic E-state index is 0. The molecule has 0 bridgehead atoms. The molecule has 2 aromatic rings. The van der Waals surface area contributed by atoms with Crippen molar-refractivity contribution < 1.29 is 17.0 Å². The molecule has 0 aliphatic heterocycles. The van der Waals surface area contributed by atoms with Crippen LogP contribution in [0.5, 0.6) is 0 Å². The molecule has 0 amide bonds. The summed E-state index contributed by atoms with van der Waals surface area (Å²) in [6.45, 7) is 9.93. The highest BCUT2D eigenvalue weighted by Crippen LogP contribution is 2.24. The minimum absolute atomic E-state index is 0. The van der Waals surface area contributed by atoms with Crippen LogP contribution < -0.4 is 17.0 Å². The highest BCUT2D eigenvalue weighted by molar-refractivity contribution is 7.99. The molecule has 0 radical (unpaired) electrons. The van der Waals surface area contributed by atoms with E-state index < -0.39 is 0 Å². The maximum atomic E-state index is 4.77. The highest BCUT2D eigenvalue weighted by atomic mass is 79.9. The van der Waals surface area contributed by atoms with E-state index in [9.17, 15) is 0 Å². The van der Waals surface area contributed by atoms with Gasteiger partial charge in [0.2, 0.25) is 0 Å². The third-order valence-electron chi connectivity index (χ3n) is 3.31. The molecule has 118 valence electrons. The van der Waals surface area contributed by atoms with Crippen LogP contribution in [0.4, 0.5) is 0 Å². The molecule has 0 unspecified atom stereocenters. The number of aromatic nitrogens is 2. The molecule has 1 heterocycles. The van der Waals surface area contributed by atoms with E-state index in [1.807, 2.05) is 11.8 Å². The zero-order chi connectivity index (χ0) is 14.4. The van der Waals surface area contributed by atoms with Crippen molar-refractivity contribution >= 4 is 22.8 Å². The van der Waals surface area contributed by atoms with Gasteiger partial charge < -0.3 is 21.5 Å². The van der Waals surface area contributed by atoms with Gasteiger partial charge in [-0.3, -0.25) is 4.90 Å². The first kappa shape index (κ1) is 18.5. The summed E-state index contributed by atoms with van der Waals surface area (Å²) in [5.41, 5.74) is 2.36. The molecule has 0 fully saturated rings. The van der Waals surface area contributed by atoms with Gasteiger partial charge >= 0.3 is 0 Å². The predicted octanol–water partition coefficient (Wildman–Crippen LogP) is 1.23. The number of nitrogens with zero attached hydrogens (tertiary/aromatic N) is 3. The SMILES string of the molecule is CCCN(CCC)Cn1c(SCC)nc2ccccc21.[Br-]. The van der Waals surface area contributed by atoms with Crippen LogP contribution in [0.15, 0.2) is 29.4 Å². The Hall–Kier alpha value is -0.520. The Morgan fingerprint density at radius 2 is 1.76 bits per heavy atom. The second-order valence-electron chi connectivity index (χ2n) is 5.00. The second kappa shape index (κ2) is 9.49. The van der Waals surface area contributed by atoms with Gasteiger partial charge in [-0.2, -0.15) is 0 Å². The quantitative estimate of drug-likeness (QED) is 0.652. The monoisotopic (exact) mass is 370 g/mol. The van der Waals surface area contributed by atoms with E-state index in [1.54, 1.807) is 0 Å². The maximum absolute atomic E-state index is 4.77. The Balaban J connectivity index is 0.00000220. The Morgan fingerprint density at radius 3 is 2.38 bits per heavy atom. The summed E-state index contributed by atoms with van der Waals surface area (Å²) in [5.74, 6) is 1.06. The van der Waals surface area contributed by atoms with E-state index in [-0.39, 0.29) is 17.0 Å². The van der Waals surface area contributed by atoms with Crippen molar-refractivity contribution in [1.29, 1.82) is 0 Å². The fraction of sp³-hybridized carbons (Fsp3) is 0.562. The molecular formula is C16H25BrN3S-. The Bertz CT molecular complexity index is 535. The van der Waals surface area contributed by atoms with Gasteiger partial charge in [0.15, 0.2) is 5.16 Å². The molecule has 0 N–H and O–H groups in total. The lowest BCUT2D eigenvalue weighted by molar-refractivity contribution is -0.00000431. The number of thioether (sulfide) groups is 1. The van der Waals surface area contributed by atoms with Gasteiger partial charge in [-0.05, 0) is 43.8 Å². The van der Waals surface area contributed by atoms with E-state index in [0.717, 1.165) is 36.2 Å². The van der Waals surface area contributed by atoms with Gasteiger partial charge in [-0.1, -0.05) is 44.7 Å². The van der Waals surface area contributed by atoms with Crippen molar-refractivity contribution in [2.24, 2.45) is 0 Å². The smallest absolute Gasteiger partial charge is 0.170 e. The summed E-state index contributed by atoms with van der Waals surface area (Å²) in [5, 5.41) is 1.14. The number of benzene rings is 1. The number of halogens is 1. The number of rotatable bonds is 8. The average Bonchev–Trinajstić information content (AvgIpc) is 2.78. The molecule has 2 rings (SSSR count). The second-order valence-corrected chi connectivity index (χ2v) is 6.23. The Labute approximate surface area is 142 Å². The number of para-hydroxylation sites is 2. The summed E-state index contributed by atoms with van der Waals surface area (Å²) in [6, 6.07) is 8.45. The van der Waals surface area contributed by atoms with E-state index in [0.29, 0.717) is 0 Å². The lowest BCUT2D eigenvalue weighted by Gasteiger charge is -2.22. The van der Waals surface area contributed by atoms with Gasteiger partial charge in [0, 0.05) is 0 Å². The zero-order valence-corrected chi connectivity index (χ0v) is 15.6. The van der Waals surface area contributed by atoms with Crippen LogP contribution in [0.2, 0.25) is 0 Å². The molecule has 0 saturated carbocycles. The number of imidazole rings is 1. The van der Waals surface area contributed by atoms with E-state index in [1.165, 1.54) is 18.4 Å². The minimum Gasteiger partial charge on any atom is -1.00 e. The summed E-state index contributed by atoms with van der Waals surface area (Å²) in [7, 11) is 0. The van der Waals surface area contributed by atoms with Crippen LogP contribution in [0.25, 0.3) is 11.0 Å². The Kier molecular flexibility index (Phi) is 8.37. The van der Waals surface area contributed by atoms with Gasteiger partial charge in [-0.15, -0.1) is 0 Å². The fourth-order valence-electron chi connectivity index (χ4n) is 2.52. The maximum Gasteiger partial charge on any atom is 0.170 e. The third-order valence-corrected chi connectivity index (χ3v) is 4.17. The number of hydrogen-bond donors (Lipinski definition) is 0. The summed E-state index contributed by atoms with van der Waals surface area (Å²) >= 11 is 1.83. The molecule has 0 aliphatic carbocycles. The van der Waals surface area contributed by atoms with Crippen LogP contribution in [0.3, 0.4) is 0 Å². The van der Waals surface area contributed by atoms with Crippen LogP contribution in [-0.4, -0.2) is 33.3 Å². The van der Waals surface area contributed by atoms with Crippen LogP contribution in [0.1, 0.15) is 33.6 Å². The molecule has 1 aromatic heterocycles. The standard InChI is InChI=1S/C16H25N3S.BrH/c1-4-11-18(12-5-2)13-19-15-10-8-7-9-14(15)17-16(19)20-6-3;/h7-10H,4-6,11-13H2,1-3H3;1H/p-1. The van der Waals surface area contributed by atoms with Crippen molar-refractivity contribution in [3.8, 4) is 0 Å². The van der Waals surface area contributed by atoms with Gasteiger partial charge in [0.1, 0.15) is 0 Å². The lowest BCUT2D eigenvalue weighted by atomic mass is 10.3. The molecule has 3 nitrogen and oxygen atoms in total. The lowest BCUT2D eigenvalue weighted by Crippen LogP contribution is -3.00. The van der Waals surface area contributed by atoms with Crippen molar-refractivity contribution in [3.05, 3.63) is 24.3 Å². The molecule has 5 heteroatoms. The highest BCUT2D eigenvalue weighted by Gasteiger charge is 2.13. The first-order chi connectivity index (χ1) is 9.80. The van der Waals surface area contributed by atoms with Crippen LogP contribution >= 0.6 is 11.8 Å². The normalized spacial score (nSPS) is 11.0. The van der Waals surface area contributed by atoms with Gasteiger partial charge in [0.25, 0.3) is 0 Å². The fourth-order valence-corrected chi connectivity index (χ4v) is 3.25. The van der Waals surface area contributed by atoms with Gasteiger partial charge in [-0.25, -0.2) is 4.98 Å². The predicted molar refractivity (Wildman–Crippen MR) is 88.3 cm³/mol. The first-order valence-electron chi connectivity index (χ1n) is 7.60. The topological polar surface area (TPSA) is 21.1 Å². The third kappa shape index (κ3) is 4.73. The van der Waals surface area contributed by atoms with Crippen molar-refractivity contribution in [2.75, 3.05) is 18.8 Å². The Morgan fingerprint density at radius 1 is 1.10 bits per heavy atom. The summed E-state index contributed by atoms with van der Waals surface area (Å²) in [6.07, 6.45) is 2.39. The zero-order valence-electron chi connectivity index (χ0n) is 13.2. The summed E-state index contributed by atoms with van der Waals surface area (Å²) < 4.78 is 2.37. The number of hydrogen-bond acceptors (Lipinski definition) is 3. The van der Waals surface area contributed by atoms with Crippen LogP contribution in [-0.2, 0) is 6.67 Å². The molecule has 0 saturated heterocycles. The van der Waals surface area contributed by atoms with Gasteiger partial charge in [0.05, 0.1) is 17.7 Å². The average molecular weight is 371 g/mol. The summed E-state index contributed by atoms with van der Waals surface area (Å²) in [4.78, 5) is 7.30. The van der Waals surface area contributed by atoms with Crippen molar-refractivity contribution in [2.45, 2.75) is 45.4 Å². The molecule has 0 spiro atoms. The van der Waals surface area contributed by atoms with Crippen LogP contribution in [0, 0.1) is 0 Å². The molecule has 0 aliphatic rings. The molecule has 0 atom stereocenters. The van der Waals surface area contributed by atoms with E-state index >= 15 is 0 Å². The number of fused-ring (bicyclic) bond motifs is 1. The van der Waals surface area contributed by atoms with Crippen molar-refractivity contribution in [3.63, 3.8) is 0 Å².